The molecule has 1 aliphatic heterocycles. The summed E-state index contributed by atoms with van der Waals surface area (Å²) in [5.41, 5.74) is 2.18. The number of anilines is 2. The molecule has 1 aliphatic rings. The molecule has 0 aliphatic carbocycles. The van der Waals surface area contributed by atoms with Gasteiger partial charge in [0.2, 0.25) is 11.1 Å². The number of benzene rings is 1. The van der Waals surface area contributed by atoms with Crippen molar-refractivity contribution in [2.24, 2.45) is 0 Å². The van der Waals surface area contributed by atoms with Crippen LogP contribution in [0, 0.1) is 0 Å². The van der Waals surface area contributed by atoms with Crippen molar-refractivity contribution in [2.75, 3.05) is 16.9 Å². The number of fused-ring (bicyclic) bond motifs is 1. The van der Waals surface area contributed by atoms with E-state index in [9.17, 15) is 4.79 Å². The number of thioether (sulfide) groups is 1. The number of carbonyl (C=O) groups is 1. The Kier molecular flexibility index (Phi) is 4.52. The molecule has 6 nitrogen and oxygen atoms in total. The zero-order chi connectivity index (χ0) is 18.1. The lowest BCUT2D eigenvalue weighted by atomic mass is 10.0. The fourth-order valence-corrected chi connectivity index (χ4v) is 4.11. The fraction of sp³-hybridized carbons (Fsp3) is 0.167. The van der Waals surface area contributed by atoms with Gasteiger partial charge >= 0.3 is 0 Å². The lowest BCUT2D eigenvalue weighted by Crippen LogP contribution is -2.31. The Bertz CT molecular complexity index is 963. The second-order valence-corrected chi connectivity index (χ2v) is 7.52. The highest BCUT2D eigenvalue weighted by molar-refractivity contribution is 7.98. The van der Waals surface area contributed by atoms with Crippen molar-refractivity contribution in [3.63, 3.8) is 0 Å². The Morgan fingerprint density at radius 3 is 2.77 bits per heavy atom. The van der Waals surface area contributed by atoms with E-state index in [1.165, 1.54) is 11.8 Å². The van der Waals surface area contributed by atoms with Crippen LogP contribution in [0.2, 0.25) is 0 Å². The predicted molar refractivity (Wildman–Crippen MR) is 106 cm³/mol. The van der Waals surface area contributed by atoms with E-state index in [1.807, 2.05) is 61.0 Å². The van der Waals surface area contributed by atoms with E-state index in [1.54, 1.807) is 16.0 Å². The number of nitrogens with one attached hydrogen (secondary N) is 2. The van der Waals surface area contributed by atoms with Crippen LogP contribution in [0.5, 0.6) is 0 Å². The summed E-state index contributed by atoms with van der Waals surface area (Å²) in [6.07, 6.45) is 1.94. The van der Waals surface area contributed by atoms with E-state index in [2.05, 4.69) is 20.7 Å². The maximum atomic E-state index is 13.1. The van der Waals surface area contributed by atoms with Gasteiger partial charge in [-0.3, -0.25) is 4.79 Å². The molecule has 132 valence electrons. The van der Waals surface area contributed by atoms with Crippen LogP contribution in [-0.2, 0) is 4.79 Å². The van der Waals surface area contributed by atoms with Crippen LogP contribution in [0.3, 0.4) is 0 Å². The van der Waals surface area contributed by atoms with E-state index in [4.69, 9.17) is 0 Å². The summed E-state index contributed by atoms with van der Waals surface area (Å²) in [5.74, 6) is 0.507. The van der Waals surface area contributed by atoms with Gasteiger partial charge in [0.05, 0.1) is 5.57 Å². The minimum Gasteiger partial charge on any atom is -0.328 e. The first-order chi connectivity index (χ1) is 12.7. The van der Waals surface area contributed by atoms with Gasteiger partial charge < -0.3 is 10.6 Å². The number of thiophene rings is 1. The van der Waals surface area contributed by atoms with Crippen molar-refractivity contribution in [3.8, 4) is 0 Å². The Hall–Kier alpha value is -2.58. The molecular formula is C18H17N5OS2. The Morgan fingerprint density at radius 1 is 1.27 bits per heavy atom. The number of para-hydroxylation sites is 1. The topological polar surface area (TPSA) is 71.8 Å². The van der Waals surface area contributed by atoms with Crippen LogP contribution in [0.4, 0.5) is 11.6 Å². The number of aromatic nitrogens is 3. The Labute approximate surface area is 159 Å². The van der Waals surface area contributed by atoms with Crippen molar-refractivity contribution >= 4 is 40.6 Å². The lowest BCUT2D eigenvalue weighted by Gasteiger charge is -2.27. The predicted octanol–water partition coefficient (Wildman–Crippen LogP) is 3.99. The third-order valence-electron chi connectivity index (χ3n) is 4.10. The van der Waals surface area contributed by atoms with Gasteiger partial charge in [0.1, 0.15) is 6.04 Å². The van der Waals surface area contributed by atoms with Gasteiger partial charge in [-0.05, 0) is 36.8 Å². The number of hydrogen-bond acceptors (Lipinski definition) is 6. The minimum atomic E-state index is -0.302. The molecule has 3 aromatic rings. The first-order valence-corrected chi connectivity index (χ1v) is 10.2. The number of hydrogen-bond donors (Lipinski definition) is 2. The number of amides is 1. The van der Waals surface area contributed by atoms with Crippen LogP contribution in [0.1, 0.15) is 17.8 Å². The van der Waals surface area contributed by atoms with Crippen LogP contribution in [-0.4, -0.2) is 26.9 Å². The molecule has 0 spiro atoms. The second-order valence-electron chi connectivity index (χ2n) is 5.77. The smallest absolute Gasteiger partial charge is 0.255 e. The van der Waals surface area contributed by atoms with E-state index < -0.39 is 0 Å². The molecule has 0 bridgehead atoms. The quantitative estimate of drug-likeness (QED) is 0.667. The summed E-state index contributed by atoms with van der Waals surface area (Å²) in [5, 5.41) is 13.5. The molecule has 1 aromatic carbocycles. The first kappa shape index (κ1) is 16.9. The SMILES string of the molecule is CSc1nc2n(n1)C(c1cccs1)C(C(=O)Nc1ccccc1)=C(C)N2. The van der Waals surface area contributed by atoms with Gasteiger partial charge in [-0.2, -0.15) is 4.98 Å². The van der Waals surface area contributed by atoms with Gasteiger partial charge in [0.25, 0.3) is 5.91 Å². The van der Waals surface area contributed by atoms with Gasteiger partial charge in [-0.1, -0.05) is 36.0 Å². The molecule has 4 rings (SSSR count). The van der Waals surface area contributed by atoms with Crippen LogP contribution >= 0.6 is 23.1 Å². The summed E-state index contributed by atoms with van der Waals surface area (Å²) < 4.78 is 1.80. The molecule has 8 heteroatoms. The highest BCUT2D eigenvalue weighted by atomic mass is 32.2. The summed E-state index contributed by atoms with van der Waals surface area (Å²) in [6, 6.07) is 13.2. The van der Waals surface area contributed by atoms with Crippen molar-refractivity contribution < 1.29 is 4.79 Å². The molecule has 0 radical (unpaired) electrons. The fourth-order valence-electron chi connectivity index (χ4n) is 2.94. The van der Waals surface area contributed by atoms with Gasteiger partial charge in [0.15, 0.2) is 0 Å². The van der Waals surface area contributed by atoms with E-state index in [0.29, 0.717) is 16.7 Å². The van der Waals surface area contributed by atoms with Crippen molar-refractivity contribution in [2.45, 2.75) is 18.1 Å². The zero-order valence-electron chi connectivity index (χ0n) is 14.3. The summed E-state index contributed by atoms with van der Waals surface area (Å²) in [6.45, 7) is 1.90. The summed E-state index contributed by atoms with van der Waals surface area (Å²) in [4.78, 5) is 18.6. The third-order valence-corrected chi connectivity index (χ3v) is 5.57. The van der Waals surface area contributed by atoms with Crippen LogP contribution in [0.25, 0.3) is 0 Å². The maximum Gasteiger partial charge on any atom is 0.255 e. The molecule has 0 fully saturated rings. The number of allylic oxidation sites excluding steroid dienone is 1. The van der Waals surface area contributed by atoms with Crippen molar-refractivity contribution in [1.29, 1.82) is 0 Å². The van der Waals surface area contributed by atoms with Gasteiger partial charge in [0, 0.05) is 16.3 Å². The average Bonchev–Trinajstić information content (AvgIpc) is 3.30. The molecular weight excluding hydrogens is 366 g/mol. The standard InChI is InChI=1S/C18H17N5OS2/c1-11-14(16(24)20-12-7-4-3-5-8-12)15(13-9-6-10-26-13)23-17(19-11)21-18(22-23)25-2/h3-10,15H,1-2H3,(H,20,24)(H,19,21,22). The first-order valence-electron chi connectivity index (χ1n) is 8.05. The number of nitrogens with zero attached hydrogens (tertiary/aromatic N) is 3. The Balaban J connectivity index is 1.77. The van der Waals surface area contributed by atoms with Crippen LogP contribution in [0.15, 0.2) is 64.3 Å². The molecule has 26 heavy (non-hydrogen) atoms. The Morgan fingerprint density at radius 2 is 2.08 bits per heavy atom. The largest absolute Gasteiger partial charge is 0.328 e. The van der Waals surface area contributed by atoms with Gasteiger partial charge in [-0.15, -0.1) is 16.4 Å². The highest BCUT2D eigenvalue weighted by Gasteiger charge is 2.34. The molecule has 1 amide bonds. The molecule has 1 unspecified atom stereocenters. The third kappa shape index (κ3) is 3.02. The average molecular weight is 384 g/mol. The molecule has 3 heterocycles. The van der Waals surface area contributed by atoms with Gasteiger partial charge in [-0.25, -0.2) is 4.68 Å². The van der Waals surface area contributed by atoms with Crippen molar-refractivity contribution in [3.05, 3.63) is 64.0 Å². The highest BCUT2D eigenvalue weighted by Crippen LogP contribution is 2.38. The number of carbonyl (C=O) groups excluding carboxylic acids is 1. The molecule has 2 aromatic heterocycles. The minimum absolute atomic E-state index is 0.147. The molecule has 0 saturated heterocycles. The normalized spacial score (nSPS) is 16.2. The summed E-state index contributed by atoms with van der Waals surface area (Å²) in [7, 11) is 0. The molecule has 1 atom stereocenters. The van der Waals surface area contributed by atoms with E-state index >= 15 is 0 Å². The molecule has 0 saturated carbocycles. The second kappa shape index (κ2) is 6.97. The van der Waals surface area contributed by atoms with E-state index in [0.717, 1.165) is 16.3 Å². The monoisotopic (exact) mass is 383 g/mol. The van der Waals surface area contributed by atoms with Crippen LogP contribution < -0.4 is 10.6 Å². The lowest BCUT2D eigenvalue weighted by molar-refractivity contribution is -0.113. The molecule has 2 N–H and O–H groups in total. The number of rotatable bonds is 4. The zero-order valence-corrected chi connectivity index (χ0v) is 15.9. The maximum absolute atomic E-state index is 13.1. The summed E-state index contributed by atoms with van der Waals surface area (Å²) >= 11 is 3.08. The van der Waals surface area contributed by atoms with Crippen molar-refractivity contribution in [1.82, 2.24) is 14.8 Å². The van der Waals surface area contributed by atoms with E-state index in [-0.39, 0.29) is 11.9 Å².